The van der Waals surface area contributed by atoms with Crippen molar-refractivity contribution in [2.75, 3.05) is 6.61 Å². The van der Waals surface area contributed by atoms with E-state index in [1.165, 1.54) is 0 Å². The first-order chi connectivity index (χ1) is 8.22. The van der Waals surface area contributed by atoms with Gasteiger partial charge in [0.15, 0.2) is 5.69 Å². The van der Waals surface area contributed by atoms with Crippen molar-refractivity contribution in [2.24, 2.45) is 0 Å². The van der Waals surface area contributed by atoms with Crippen molar-refractivity contribution < 1.29 is 9.53 Å². The van der Waals surface area contributed by atoms with Gasteiger partial charge in [0.25, 0.3) is 0 Å². The predicted octanol–water partition coefficient (Wildman–Crippen LogP) is 2.13. The molecule has 0 saturated carbocycles. The maximum atomic E-state index is 11.5. The summed E-state index contributed by atoms with van der Waals surface area (Å²) in [6.45, 7) is 4.14. The number of imidazole rings is 1. The quantitative estimate of drug-likeness (QED) is 0.781. The summed E-state index contributed by atoms with van der Waals surface area (Å²) in [4.78, 5) is 19.7. The van der Waals surface area contributed by atoms with E-state index in [9.17, 15) is 4.79 Å². The number of hydrogen-bond donors (Lipinski definition) is 0. The smallest absolute Gasteiger partial charge is 0.358 e. The summed E-state index contributed by atoms with van der Waals surface area (Å²) in [7, 11) is 0. The molecule has 0 saturated heterocycles. The first-order valence-corrected chi connectivity index (χ1v) is 6.20. The number of nitrogens with zero attached hydrogens (tertiary/aromatic N) is 3. The topological polar surface area (TPSA) is 57.0 Å². The summed E-state index contributed by atoms with van der Waals surface area (Å²) in [6.07, 6.45) is 5.07. The molecule has 0 fully saturated rings. The minimum Gasteiger partial charge on any atom is -0.461 e. The van der Waals surface area contributed by atoms with Crippen LogP contribution in [0.4, 0.5) is 0 Å². The fraction of sp³-hybridized carbons (Fsp3) is 0.364. The Morgan fingerprint density at radius 1 is 1.59 bits per heavy atom. The molecule has 1 atom stereocenters. The Bertz CT molecular complexity index is 493. The van der Waals surface area contributed by atoms with Gasteiger partial charge < -0.3 is 9.30 Å². The van der Waals surface area contributed by atoms with Crippen molar-refractivity contribution >= 4 is 17.3 Å². The van der Waals surface area contributed by atoms with E-state index < -0.39 is 5.97 Å². The van der Waals surface area contributed by atoms with E-state index in [1.54, 1.807) is 37.0 Å². The van der Waals surface area contributed by atoms with E-state index in [4.69, 9.17) is 4.74 Å². The highest BCUT2D eigenvalue weighted by Crippen LogP contribution is 2.19. The van der Waals surface area contributed by atoms with Crippen LogP contribution in [0.2, 0.25) is 0 Å². The fourth-order valence-corrected chi connectivity index (χ4v) is 2.13. The molecule has 17 heavy (non-hydrogen) atoms. The zero-order valence-electron chi connectivity index (χ0n) is 9.66. The Morgan fingerprint density at radius 3 is 3.06 bits per heavy atom. The van der Waals surface area contributed by atoms with Gasteiger partial charge in [0.1, 0.15) is 5.01 Å². The van der Waals surface area contributed by atoms with Gasteiger partial charge in [-0.05, 0) is 13.8 Å². The molecule has 90 valence electrons. The highest BCUT2D eigenvalue weighted by Gasteiger charge is 2.15. The second-order valence-corrected chi connectivity index (χ2v) is 4.40. The van der Waals surface area contributed by atoms with Crippen LogP contribution < -0.4 is 0 Å². The van der Waals surface area contributed by atoms with Gasteiger partial charge in [-0.15, -0.1) is 11.3 Å². The molecule has 0 aromatic carbocycles. The Morgan fingerprint density at radius 2 is 2.41 bits per heavy atom. The summed E-state index contributed by atoms with van der Waals surface area (Å²) in [5.41, 5.74) is 0.329. The van der Waals surface area contributed by atoms with Gasteiger partial charge in [-0.2, -0.15) is 0 Å². The minimum atomic E-state index is -0.391. The third-order valence-corrected chi connectivity index (χ3v) is 3.29. The Kier molecular flexibility index (Phi) is 3.53. The van der Waals surface area contributed by atoms with E-state index in [-0.39, 0.29) is 6.04 Å². The molecule has 6 heteroatoms. The molecular formula is C11H13N3O2S. The lowest BCUT2D eigenvalue weighted by molar-refractivity contribution is 0.0520. The molecular weight excluding hydrogens is 238 g/mol. The Balaban J connectivity index is 2.15. The summed E-state index contributed by atoms with van der Waals surface area (Å²) < 4.78 is 6.74. The van der Waals surface area contributed by atoms with E-state index in [1.807, 2.05) is 16.9 Å². The second kappa shape index (κ2) is 5.09. The molecule has 2 heterocycles. The third kappa shape index (κ3) is 2.52. The first kappa shape index (κ1) is 11.8. The molecule has 5 nitrogen and oxygen atoms in total. The number of carbonyl (C=O) groups is 1. The van der Waals surface area contributed by atoms with Gasteiger partial charge in [0.05, 0.1) is 19.0 Å². The number of ether oxygens (including phenoxy) is 1. The highest BCUT2D eigenvalue weighted by molar-refractivity contribution is 7.09. The highest BCUT2D eigenvalue weighted by atomic mass is 32.1. The zero-order valence-corrected chi connectivity index (χ0v) is 10.5. The van der Waals surface area contributed by atoms with E-state index in [2.05, 4.69) is 9.97 Å². The van der Waals surface area contributed by atoms with E-state index >= 15 is 0 Å². The summed E-state index contributed by atoms with van der Waals surface area (Å²) in [5.74, 6) is -0.391. The largest absolute Gasteiger partial charge is 0.461 e. The van der Waals surface area contributed by atoms with Crippen LogP contribution in [0, 0.1) is 0 Å². The Hall–Kier alpha value is -1.69. The second-order valence-electron chi connectivity index (χ2n) is 3.47. The van der Waals surface area contributed by atoms with Crippen LogP contribution in [0.1, 0.15) is 35.4 Å². The SMILES string of the molecule is CCOC(=O)c1cn(C(C)c2nccs2)cn1. The van der Waals surface area contributed by atoms with Crippen molar-refractivity contribution in [2.45, 2.75) is 19.9 Å². The number of carbonyl (C=O) groups excluding carboxylic acids is 1. The number of aromatic nitrogens is 3. The van der Waals surface area contributed by atoms with Crippen molar-refractivity contribution in [1.82, 2.24) is 14.5 Å². The van der Waals surface area contributed by atoms with Crippen LogP contribution in [0.5, 0.6) is 0 Å². The number of hydrogen-bond acceptors (Lipinski definition) is 5. The molecule has 0 bridgehead atoms. The molecule has 0 aliphatic heterocycles. The summed E-state index contributed by atoms with van der Waals surface area (Å²) >= 11 is 1.58. The Labute approximate surface area is 103 Å². The molecule has 0 aliphatic rings. The molecule has 2 aromatic heterocycles. The summed E-state index contributed by atoms with van der Waals surface area (Å²) in [5, 5.41) is 2.91. The molecule has 0 aliphatic carbocycles. The van der Waals surface area contributed by atoms with Crippen molar-refractivity contribution in [1.29, 1.82) is 0 Å². The fourth-order valence-electron chi connectivity index (χ4n) is 1.43. The van der Waals surface area contributed by atoms with E-state index in [0.29, 0.717) is 12.3 Å². The van der Waals surface area contributed by atoms with Crippen molar-refractivity contribution in [3.63, 3.8) is 0 Å². The molecule has 1 unspecified atom stereocenters. The molecule has 0 amide bonds. The number of thiazole rings is 1. The average molecular weight is 251 g/mol. The maximum absolute atomic E-state index is 11.5. The van der Waals surface area contributed by atoms with Gasteiger partial charge in [-0.1, -0.05) is 0 Å². The molecule has 0 radical (unpaired) electrons. The van der Waals surface area contributed by atoms with Crippen LogP contribution in [0.3, 0.4) is 0 Å². The normalized spacial score (nSPS) is 12.4. The van der Waals surface area contributed by atoms with Gasteiger partial charge in [0.2, 0.25) is 0 Å². The van der Waals surface area contributed by atoms with Gasteiger partial charge in [-0.3, -0.25) is 0 Å². The minimum absolute atomic E-state index is 0.0747. The number of rotatable bonds is 4. The van der Waals surface area contributed by atoms with Crippen LogP contribution in [-0.4, -0.2) is 27.1 Å². The zero-order chi connectivity index (χ0) is 12.3. The first-order valence-electron chi connectivity index (χ1n) is 5.32. The predicted molar refractivity (Wildman–Crippen MR) is 64.1 cm³/mol. The van der Waals surface area contributed by atoms with Gasteiger partial charge in [0, 0.05) is 17.8 Å². The van der Waals surface area contributed by atoms with E-state index in [0.717, 1.165) is 5.01 Å². The molecule has 2 aromatic rings. The van der Waals surface area contributed by atoms with Gasteiger partial charge >= 0.3 is 5.97 Å². The van der Waals surface area contributed by atoms with Gasteiger partial charge in [-0.25, -0.2) is 14.8 Å². The lowest BCUT2D eigenvalue weighted by atomic mass is 10.3. The molecule has 0 N–H and O–H groups in total. The van der Waals surface area contributed by atoms with Crippen LogP contribution in [0.15, 0.2) is 24.1 Å². The molecule has 2 rings (SSSR count). The third-order valence-electron chi connectivity index (χ3n) is 2.34. The van der Waals surface area contributed by atoms with Crippen molar-refractivity contribution in [3.05, 3.63) is 34.8 Å². The maximum Gasteiger partial charge on any atom is 0.358 e. The van der Waals surface area contributed by atoms with Crippen LogP contribution in [0.25, 0.3) is 0 Å². The monoisotopic (exact) mass is 251 g/mol. The lowest BCUT2D eigenvalue weighted by Crippen LogP contribution is -2.06. The lowest BCUT2D eigenvalue weighted by Gasteiger charge is -2.08. The average Bonchev–Trinajstić information content (AvgIpc) is 3.00. The molecule has 0 spiro atoms. The van der Waals surface area contributed by atoms with Crippen molar-refractivity contribution in [3.8, 4) is 0 Å². The van der Waals surface area contributed by atoms with Crippen LogP contribution in [-0.2, 0) is 4.74 Å². The standard InChI is InChI=1S/C11H13N3O2S/c1-3-16-11(15)9-6-14(7-13-9)8(2)10-12-4-5-17-10/h4-8H,3H2,1-2H3. The summed E-state index contributed by atoms with van der Waals surface area (Å²) in [6, 6.07) is 0.0747. The van der Waals surface area contributed by atoms with Crippen LogP contribution >= 0.6 is 11.3 Å². The number of esters is 1.